The summed E-state index contributed by atoms with van der Waals surface area (Å²) < 4.78 is 0. The standard InChI is InChI=1S/C16H25N3O2/c1-3-14-7-5-4-6-10-18(14)12-13-8-9-16(19(20)21)15(11-13)17-2/h8-9,11,14,17H,3-7,10,12H2,1-2H3. The SMILES string of the molecule is CCC1CCCCCN1Cc1ccc([N+](=O)[O-])c(NC)c1. The molecule has 1 unspecified atom stereocenters. The second-order valence-corrected chi connectivity index (χ2v) is 5.74. The zero-order valence-electron chi connectivity index (χ0n) is 13.0. The van der Waals surface area contributed by atoms with Gasteiger partial charge in [-0.3, -0.25) is 15.0 Å². The van der Waals surface area contributed by atoms with E-state index < -0.39 is 0 Å². The molecule has 1 aliphatic heterocycles. The van der Waals surface area contributed by atoms with Crippen molar-refractivity contribution >= 4 is 11.4 Å². The smallest absolute Gasteiger partial charge is 0.292 e. The molecule has 116 valence electrons. The zero-order valence-corrected chi connectivity index (χ0v) is 13.0. The van der Waals surface area contributed by atoms with E-state index in [1.807, 2.05) is 12.1 Å². The zero-order chi connectivity index (χ0) is 15.2. The third kappa shape index (κ3) is 3.94. The average Bonchev–Trinajstić information content (AvgIpc) is 2.71. The molecule has 1 aromatic rings. The first kappa shape index (κ1) is 15.8. The predicted octanol–water partition coefficient (Wildman–Crippen LogP) is 3.79. The fraction of sp³-hybridized carbons (Fsp3) is 0.625. The quantitative estimate of drug-likeness (QED) is 0.662. The van der Waals surface area contributed by atoms with Crippen molar-refractivity contribution < 1.29 is 4.92 Å². The second-order valence-electron chi connectivity index (χ2n) is 5.74. The van der Waals surface area contributed by atoms with E-state index in [0.717, 1.165) is 18.7 Å². The van der Waals surface area contributed by atoms with Crippen LogP contribution in [0.3, 0.4) is 0 Å². The van der Waals surface area contributed by atoms with Gasteiger partial charge in [0.15, 0.2) is 0 Å². The maximum atomic E-state index is 11.0. The number of anilines is 1. The topological polar surface area (TPSA) is 58.4 Å². The first-order chi connectivity index (χ1) is 10.2. The number of nitrogens with zero attached hydrogens (tertiary/aromatic N) is 2. The molecule has 0 radical (unpaired) electrons. The first-order valence-electron chi connectivity index (χ1n) is 7.84. The van der Waals surface area contributed by atoms with Gasteiger partial charge in [-0.25, -0.2) is 0 Å². The molecule has 1 heterocycles. The molecule has 1 saturated heterocycles. The summed E-state index contributed by atoms with van der Waals surface area (Å²) in [5, 5.41) is 13.9. The van der Waals surface area contributed by atoms with Crippen molar-refractivity contribution in [3.8, 4) is 0 Å². The van der Waals surface area contributed by atoms with Crippen LogP contribution in [0.2, 0.25) is 0 Å². The molecule has 1 N–H and O–H groups in total. The van der Waals surface area contributed by atoms with Crippen molar-refractivity contribution in [1.82, 2.24) is 4.90 Å². The van der Waals surface area contributed by atoms with Crippen LogP contribution in [0.15, 0.2) is 18.2 Å². The van der Waals surface area contributed by atoms with E-state index >= 15 is 0 Å². The monoisotopic (exact) mass is 291 g/mol. The van der Waals surface area contributed by atoms with Crippen molar-refractivity contribution in [3.05, 3.63) is 33.9 Å². The van der Waals surface area contributed by atoms with Crippen molar-refractivity contribution in [1.29, 1.82) is 0 Å². The molecule has 1 atom stereocenters. The minimum atomic E-state index is -0.337. The Labute approximate surface area is 126 Å². The Morgan fingerprint density at radius 2 is 2.19 bits per heavy atom. The van der Waals surface area contributed by atoms with Gasteiger partial charge in [0.1, 0.15) is 5.69 Å². The highest BCUT2D eigenvalue weighted by atomic mass is 16.6. The minimum Gasteiger partial charge on any atom is -0.383 e. The van der Waals surface area contributed by atoms with E-state index in [2.05, 4.69) is 17.1 Å². The average molecular weight is 291 g/mol. The molecule has 0 saturated carbocycles. The van der Waals surface area contributed by atoms with Gasteiger partial charge in [-0.05, 0) is 37.4 Å². The third-order valence-electron chi connectivity index (χ3n) is 4.38. The lowest BCUT2D eigenvalue weighted by atomic mass is 10.1. The van der Waals surface area contributed by atoms with E-state index in [-0.39, 0.29) is 10.6 Å². The number of hydrogen-bond acceptors (Lipinski definition) is 4. The minimum absolute atomic E-state index is 0.143. The number of rotatable bonds is 5. The van der Waals surface area contributed by atoms with E-state index in [9.17, 15) is 10.1 Å². The van der Waals surface area contributed by atoms with Crippen molar-refractivity contribution in [3.63, 3.8) is 0 Å². The van der Waals surface area contributed by atoms with Crippen LogP contribution in [-0.4, -0.2) is 29.5 Å². The van der Waals surface area contributed by atoms with Crippen molar-refractivity contribution in [2.75, 3.05) is 18.9 Å². The Morgan fingerprint density at radius 1 is 1.38 bits per heavy atom. The van der Waals surface area contributed by atoms with Crippen LogP contribution in [0.4, 0.5) is 11.4 Å². The van der Waals surface area contributed by atoms with Crippen molar-refractivity contribution in [2.45, 2.75) is 51.6 Å². The van der Waals surface area contributed by atoms with Gasteiger partial charge >= 0.3 is 0 Å². The number of nitro groups is 1. The van der Waals surface area contributed by atoms with Crippen LogP contribution in [0.25, 0.3) is 0 Å². The Balaban J connectivity index is 2.16. The number of likely N-dealkylation sites (tertiary alicyclic amines) is 1. The highest BCUT2D eigenvalue weighted by Crippen LogP contribution is 2.27. The van der Waals surface area contributed by atoms with Crippen LogP contribution in [0.1, 0.15) is 44.6 Å². The van der Waals surface area contributed by atoms with Crippen molar-refractivity contribution in [2.24, 2.45) is 0 Å². The summed E-state index contributed by atoms with van der Waals surface area (Å²) in [7, 11) is 1.73. The second kappa shape index (κ2) is 7.41. The summed E-state index contributed by atoms with van der Waals surface area (Å²) in [6, 6.07) is 6.05. The summed E-state index contributed by atoms with van der Waals surface area (Å²) >= 11 is 0. The molecule has 0 bridgehead atoms. The van der Waals surface area contributed by atoms with Crippen LogP contribution < -0.4 is 5.32 Å². The highest BCUT2D eigenvalue weighted by Gasteiger charge is 2.20. The van der Waals surface area contributed by atoms with E-state index in [4.69, 9.17) is 0 Å². The fourth-order valence-electron chi connectivity index (χ4n) is 3.18. The molecule has 0 aromatic heterocycles. The van der Waals surface area contributed by atoms with Gasteiger partial charge in [-0.2, -0.15) is 0 Å². The van der Waals surface area contributed by atoms with Gasteiger partial charge < -0.3 is 5.32 Å². The maximum absolute atomic E-state index is 11.0. The molecule has 5 nitrogen and oxygen atoms in total. The summed E-state index contributed by atoms with van der Waals surface area (Å²) in [5.41, 5.74) is 1.88. The van der Waals surface area contributed by atoms with Gasteiger partial charge in [0.25, 0.3) is 5.69 Å². The Morgan fingerprint density at radius 3 is 2.86 bits per heavy atom. The maximum Gasteiger partial charge on any atom is 0.292 e. The molecular formula is C16H25N3O2. The number of hydrogen-bond donors (Lipinski definition) is 1. The summed E-state index contributed by atoms with van der Waals surface area (Å²) in [6.45, 7) is 4.26. The van der Waals surface area contributed by atoms with Crippen LogP contribution in [0, 0.1) is 10.1 Å². The van der Waals surface area contributed by atoms with Crippen LogP contribution in [-0.2, 0) is 6.54 Å². The highest BCUT2D eigenvalue weighted by molar-refractivity contribution is 5.62. The fourth-order valence-corrected chi connectivity index (χ4v) is 3.18. The molecule has 21 heavy (non-hydrogen) atoms. The number of nitrogens with one attached hydrogen (secondary N) is 1. The van der Waals surface area contributed by atoms with Crippen LogP contribution in [0.5, 0.6) is 0 Å². The molecule has 5 heteroatoms. The summed E-state index contributed by atoms with van der Waals surface area (Å²) in [6.07, 6.45) is 6.32. The van der Waals surface area contributed by atoms with Gasteiger partial charge in [0.2, 0.25) is 0 Å². The molecule has 1 aromatic carbocycles. The lowest BCUT2D eigenvalue weighted by Crippen LogP contribution is -2.33. The predicted molar refractivity (Wildman–Crippen MR) is 85.6 cm³/mol. The van der Waals surface area contributed by atoms with Gasteiger partial charge in [-0.15, -0.1) is 0 Å². The third-order valence-corrected chi connectivity index (χ3v) is 4.38. The first-order valence-corrected chi connectivity index (χ1v) is 7.84. The molecule has 1 fully saturated rings. The summed E-state index contributed by atoms with van der Waals surface area (Å²) in [4.78, 5) is 13.2. The molecule has 0 amide bonds. The molecule has 1 aliphatic rings. The lowest BCUT2D eigenvalue weighted by Gasteiger charge is -2.29. The molecule has 2 rings (SSSR count). The van der Waals surface area contributed by atoms with Gasteiger partial charge in [0.05, 0.1) is 4.92 Å². The molecular weight excluding hydrogens is 266 g/mol. The Hall–Kier alpha value is -1.62. The number of benzene rings is 1. The summed E-state index contributed by atoms with van der Waals surface area (Å²) in [5.74, 6) is 0. The molecule has 0 aliphatic carbocycles. The van der Waals surface area contributed by atoms with Gasteiger partial charge in [0, 0.05) is 25.7 Å². The Bertz CT molecular complexity index is 490. The Kier molecular flexibility index (Phi) is 5.56. The van der Waals surface area contributed by atoms with E-state index in [1.165, 1.54) is 32.1 Å². The van der Waals surface area contributed by atoms with E-state index in [0.29, 0.717) is 11.7 Å². The normalized spacial score (nSPS) is 20.0. The largest absolute Gasteiger partial charge is 0.383 e. The number of nitro benzene ring substituents is 1. The van der Waals surface area contributed by atoms with Gasteiger partial charge in [-0.1, -0.05) is 25.8 Å². The molecule has 0 spiro atoms. The van der Waals surface area contributed by atoms with Crippen LogP contribution >= 0.6 is 0 Å². The van der Waals surface area contributed by atoms with E-state index in [1.54, 1.807) is 13.1 Å². The lowest BCUT2D eigenvalue weighted by molar-refractivity contribution is -0.384.